The average Bonchev–Trinajstić information content (AvgIpc) is 3.00. The first kappa shape index (κ1) is 18.1. The van der Waals surface area contributed by atoms with E-state index in [1.807, 2.05) is 38.1 Å². The van der Waals surface area contributed by atoms with Crippen molar-refractivity contribution in [3.05, 3.63) is 53.5 Å². The molecule has 2 unspecified atom stereocenters. The molecule has 2 aromatic rings. The lowest BCUT2D eigenvalue weighted by atomic mass is 9.99. The van der Waals surface area contributed by atoms with Gasteiger partial charge >= 0.3 is 0 Å². The maximum absolute atomic E-state index is 12.3. The Hall–Kier alpha value is -2.27. The van der Waals surface area contributed by atoms with E-state index < -0.39 is 5.60 Å². The van der Waals surface area contributed by atoms with Gasteiger partial charge in [0.05, 0.1) is 13.7 Å². The first-order chi connectivity index (χ1) is 11.3. The molecule has 1 amide bonds. The van der Waals surface area contributed by atoms with E-state index in [0.29, 0.717) is 12.2 Å². The van der Waals surface area contributed by atoms with Gasteiger partial charge in [-0.25, -0.2) is 0 Å². The second-order valence-corrected chi connectivity index (χ2v) is 6.36. The summed E-state index contributed by atoms with van der Waals surface area (Å²) >= 11 is 0. The van der Waals surface area contributed by atoms with Crippen molar-refractivity contribution in [1.29, 1.82) is 0 Å². The molecule has 0 spiro atoms. The van der Waals surface area contributed by atoms with Crippen molar-refractivity contribution in [3.63, 3.8) is 0 Å². The van der Waals surface area contributed by atoms with Crippen LogP contribution in [0.3, 0.4) is 0 Å². The Labute approximate surface area is 142 Å². The van der Waals surface area contributed by atoms with Gasteiger partial charge in [0.1, 0.15) is 22.9 Å². The number of hydrogen-bond donors (Lipinski definition) is 2. The van der Waals surface area contributed by atoms with Crippen molar-refractivity contribution >= 4 is 5.91 Å². The zero-order chi connectivity index (χ0) is 17.7. The highest BCUT2D eigenvalue weighted by Gasteiger charge is 2.28. The molecule has 2 rings (SSSR count). The monoisotopic (exact) mass is 331 g/mol. The van der Waals surface area contributed by atoms with E-state index in [4.69, 9.17) is 9.15 Å². The van der Waals surface area contributed by atoms with Gasteiger partial charge in [-0.3, -0.25) is 4.79 Å². The normalized spacial score (nSPS) is 14.7. The van der Waals surface area contributed by atoms with Crippen molar-refractivity contribution in [1.82, 2.24) is 5.32 Å². The summed E-state index contributed by atoms with van der Waals surface area (Å²) in [6.07, 6.45) is 0.623. The zero-order valence-electron chi connectivity index (χ0n) is 14.6. The summed E-state index contributed by atoms with van der Waals surface area (Å²) in [6, 6.07) is 11.2. The van der Waals surface area contributed by atoms with Crippen LogP contribution >= 0.6 is 0 Å². The largest absolute Gasteiger partial charge is 0.497 e. The minimum Gasteiger partial charge on any atom is -0.497 e. The molecule has 0 saturated heterocycles. The summed E-state index contributed by atoms with van der Waals surface area (Å²) in [6.45, 7) is 5.41. The lowest BCUT2D eigenvalue weighted by Crippen LogP contribution is -2.40. The van der Waals surface area contributed by atoms with Gasteiger partial charge in [0, 0.05) is 5.92 Å². The summed E-state index contributed by atoms with van der Waals surface area (Å²) < 4.78 is 10.6. The molecule has 0 bridgehead atoms. The SMILES string of the molecule is COc1ccc(CC(C)C(=O)NCC(C)(O)c2ccc(C)o2)cc1. The van der Waals surface area contributed by atoms with Crippen LogP contribution in [-0.2, 0) is 16.8 Å². The summed E-state index contributed by atoms with van der Waals surface area (Å²) in [4.78, 5) is 12.3. The maximum Gasteiger partial charge on any atom is 0.223 e. The summed E-state index contributed by atoms with van der Waals surface area (Å²) in [5.41, 5.74) is -0.170. The van der Waals surface area contributed by atoms with Crippen LogP contribution in [0.15, 0.2) is 40.8 Å². The lowest BCUT2D eigenvalue weighted by molar-refractivity contribution is -0.125. The lowest BCUT2D eigenvalue weighted by Gasteiger charge is -2.22. The highest BCUT2D eigenvalue weighted by atomic mass is 16.5. The first-order valence-electron chi connectivity index (χ1n) is 8.02. The van der Waals surface area contributed by atoms with Gasteiger partial charge in [-0.1, -0.05) is 19.1 Å². The molecule has 0 radical (unpaired) electrons. The molecule has 0 aliphatic carbocycles. The number of carbonyl (C=O) groups is 1. The molecule has 0 fully saturated rings. The predicted molar refractivity (Wildman–Crippen MR) is 91.9 cm³/mol. The Morgan fingerprint density at radius 3 is 2.50 bits per heavy atom. The third kappa shape index (κ3) is 4.61. The van der Waals surface area contributed by atoms with E-state index in [1.165, 1.54) is 0 Å². The van der Waals surface area contributed by atoms with Crippen LogP contribution in [-0.4, -0.2) is 24.7 Å². The van der Waals surface area contributed by atoms with Crippen LogP contribution < -0.4 is 10.1 Å². The molecule has 0 saturated carbocycles. The number of carbonyl (C=O) groups excluding carboxylic acids is 1. The molecule has 24 heavy (non-hydrogen) atoms. The number of aryl methyl sites for hydroxylation is 1. The number of hydrogen-bond acceptors (Lipinski definition) is 4. The quantitative estimate of drug-likeness (QED) is 0.818. The fourth-order valence-electron chi connectivity index (χ4n) is 2.45. The topological polar surface area (TPSA) is 71.7 Å². The highest BCUT2D eigenvalue weighted by Crippen LogP contribution is 2.22. The molecule has 1 heterocycles. The van der Waals surface area contributed by atoms with Gasteiger partial charge in [0.2, 0.25) is 5.91 Å². The third-order valence-electron chi connectivity index (χ3n) is 4.03. The molecular formula is C19H25NO4. The van der Waals surface area contributed by atoms with E-state index in [0.717, 1.165) is 17.1 Å². The van der Waals surface area contributed by atoms with E-state index >= 15 is 0 Å². The Bertz CT molecular complexity index is 673. The molecule has 0 aliphatic heterocycles. The number of aliphatic hydroxyl groups is 1. The number of furan rings is 1. The number of nitrogens with one attached hydrogen (secondary N) is 1. The molecular weight excluding hydrogens is 306 g/mol. The van der Waals surface area contributed by atoms with E-state index in [1.54, 1.807) is 26.2 Å². The number of methoxy groups -OCH3 is 1. The van der Waals surface area contributed by atoms with Gasteiger partial charge in [-0.05, 0) is 50.1 Å². The molecule has 130 valence electrons. The molecule has 5 nitrogen and oxygen atoms in total. The van der Waals surface area contributed by atoms with Gasteiger partial charge < -0.3 is 19.6 Å². The second kappa shape index (κ2) is 7.53. The zero-order valence-corrected chi connectivity index (χ0v) is 14.6. The number of benzene rings is 1. The Morgan fingerprint density at radius 2 is 1.96 bits per heavy atom. The van der Waals surface area contributed by atoms with Crippen molar-refractivity contribution in [2.45, 2.75) is 32.8 Å². The Morgan fingerprint density at radius 1 is 1.29 bits per heavy atom. The molecule has 5 heteroatoms. The van der Waals surface area contributed by atoms with E-state index in [9.17, 15) is 9.90 Å². The van der Waals surface area contributed by atoms with Crippen LogP contribution in [0.4, 0.5) is 0 Å². The highest BCUT2D eigenvalue weighted by molar-refractivity contribution is 5.78. The minimum absolute atomic E-state index is 0.102. The van der Waals surface area contributed by atoms with Crippen LogP contribution in [0, 0.1) is 12.8 Å². The fourth-order valence-corrected chi connectivity index (χ4v) is 2.45. The van der Waals surface area contributed by atoms with Crippen molar-refractivity contribution in [3.8, 4) is 5.75 Å². The molecule has 2 N–H and O–H groups in total. The summed E-state index contributed by atoms with van der Waals surface area (Å²) in [5, 5.41) is 13.3. The van der Waals surface area contributed by atoms with Crippen LogP contribution in [0.2, 0.25) is 0 Å². The van der Waals surface area contributed by atoms with Gasteiger partial charge in [0.25, 0.3) is 0 Å². The molecule has 1 aromatic heterocycles. The Kier molecular flexibility index (Phi) is 5.67. The van der Waals surface area contributed by atoms with Crippen molar-refractivity contribution in [2.24, 2.45) is 5.92 Å². The predicted octanol–water partition coefficient (Wildman–Crippen LogP) is 2.80. The van der Waals surface area contributed by atoms with Gasteiger partial charge in [-0.15, -0.1) is 0 Å². The van der Waals surface area contributed by atoms with Gasteiger partial charge in [0.15, 0.2) is 0 Å². The number of amides is 1. The second-order valence-electron chi connectivity index (χ2n) is 6.36. The molecule has 2 atom stereocenters. The maximum atomic E-state index is 12.3. The minimum atomic E-state index is -1.23. The van der Waals surface area contributed by atoms with Crippen LogP contribution in [0.1, 0.15) is 30.9 Å². The number of rotatable bonds is 7. The van der Waals surface area contributed by atoms with Crippen LogP contribution in [0.5, 0.6) is 5.75 Å². The number of ether oxygens (including phenoxy) is 1. The third-order valence-corrected chi connectivity index (χ3v) is 4.03. The molecule has 0 aliphatic rings. The van der Waals surface area contributed by atoms with Crippen LogP contribution in [0.25, 0.3) is 0 Å². The molecule has 1 aromatic carbocycles. The Balaban J connectivity index is 1.88. The summed E-state index contributed by atoms with van der Waals surface area (Å²) in [5.74, 6) is 1.66. The van der Waals surface area contributed by atoms with E-state index in [2.05, 4.69) is 5.32 Å². The van der Waals surface area contributed by atoms with Gasteiger partial charge in [-0.2, -0.15) is 0 Å². The smallest absolute Gasteiger partial charge is 0.223 e. The standard InChI is InChI=1S/C19H25NO4/c1-13(11-15-6-8-16(23-4)9-7-15)18(21)20-12-19(3,22)17-10-5-14(2)24-17/h5-10,13,22H,11-12H2,1-4H3,(H,20,21). The summed E-state index contributed by atoms with van der Waals surface area (Å²) in [7, 11) is 1.62. The fraction of sp³-hybridized carbons (Fsp3) is 0.421. The van der Waals surface area contributed by atoms with E-state index in [-0.39, 0.29) is 18.4 Å². The average molecular weight is 331 g/mol. The van der Waals surface area contributed by atoms with Crippen molar-refractivity contribution in [2.75, 3.05) is 13.7 Å². The van der Waals surface area contributed by atoms with Crippen molar-refractivity contribution < 1.29 is 19.1 Å². The first-order valence-corrected chi connectivity index (χ1v) is 8.02.